The molecule has 5 rings (SSSR count). The lowest BCUT2D eigenvalue weighted by Gasteiger charge is -2.36. The maximum absolute atomic E-state index is 13.1. The number of nitrogens with one attached hydrogen (secondary N) is 1. The van der Waals surface area contributed by atoms with Gasteiger partial charge in [-0.05, 0) is 29.8 Å². The number of piperazine rings is 1. The molecule has 0 saturated carbocycles. The first-order chi connectivity index (χ1) is 16.5. The predicted molar refractivity (Wildman–Crippen MR) is 124 cm³/mol. The van der Waals surface area contributed by atoms with Gasteiger partial charge in [0.25, 0.3) is 11.5 Å². The van der Waals surface area contributed by atoms with E-state index in [2.05, 4.69) is 9.88 Å². The molecule has 1 fully saturated rings. The molecule has 176 valence electrons. The molecule has 1 N–H and O–H groups in total. The van der Waals surface area contributed by atoms with E-state index >= 15 is 0 Å². The summed E-state index contributed by atoms with van der Waals surface area (Å²) >= 11 is 0. The molecule has 3 aromatic rings. The first-order valence-electron chi connectivity index (χ1n) is 10.9. The summed E-state index contributed by atoms with van der Waals surface area (Å²) < 4.78 is 17.0. The van der Waals surface area contributed by atoms with Gasteiger partial charge in [0.05, 0.1) is 13.7 Å². The number of ether oxygens (including phenoxy) is 3. The average Bonchev–Trinajstić information content (AvgIpc) is 3.34. The van der Waals surface area contributed by atoms with Gasteiger partial charge in [-0.15, -0.1) is 0 Å². The van der Waals surface area contributed by atoms with Crippen LogP contribution in [0.1, 0.15) is 15.9 Å². The number of nitrogens with zero attached hydrogens (tertiary/aromatic N) is 3. The highest BCUT2D eigenvalue weighted by Gasteiger charge is 2.25. The molecule has 10 heteroatoms. The monoisotopic (exact) mass is 464 g/mol. The maximum atomic E-state index is 13.1. The highest BCUT2D eigenvalue weighted by atomic mass is 16.7. The lowest BCUT2D eigenvalue weighted by molar-refractivity contribution is 0.0743. The lowest BCUT2D eigenvalue weighted by Crippen LogP contribution is -2.50. The molecule has 1 amide bonds. The largest absolute Gasteiger partial charge is 0.497 e. The lowest BCUT2D eigenvalue weighted by atomic mass is 10.2. The zero-order chi connectivity index (χ0) is 23.7. The number of hydrogen-bond acceptors (Lipinski definition) is 7. The maximum Gasteiger partial charge on any atom is 0.328 e. The van der Waals surface area contributed by atoms with E-state index in [-0.39, 0.29) is 18.9 Å². The van der Waals surface area contributed by atoms with Crippen molar-refractivity contribution in [2.24, 2.45) is 0 Å². The van der Waals surface area contributed by atoms with Gasteiger partial charge in [-0.25, -0.2) is 4.79 Å². The SMILES string of the molecule is COc1cccc(N2CCN(C(=O)c3c[nH]c(=O)n(Cc4ccc5c(c4)OCO5)c3=O)CC2)c1. The summed E-state index contributed by atoms with van der Waals surface area (Å²) in [6.45, 7) is 2.29. The Labute approximate surface area is 194 Å². The number of aromatic amines is 1. The van der Waals surface area contributed by atoms with Gasteiger partial charge < -0.3 is 29.0 Å². The van der Waals surface area contributed by atoms with Crippen molar-refractivity contribution in [2.45, 2.75) is 6.54 Å². The van der Waals surface area contributed by atoms with E-state index in [0.29, 0.717) is 43.2 Å². The van der Waals surface area contributed by atoms with Crippen molar-refractivity contribution in [1.82, 2.24) is 14.5 Å². The summed E-state index contributed by atoms with van der Waals surface area (Å²) in [7, 11) is 1.62. The predicted octanol–water partition coefficient (Wildman–Crippen LogP) is 1.28. The van der Waals surface area contributed by atoms with Gasteiger partial charge in [0.2, 0.25) is 6.79 Å². The van der Waals surface area contributed by atoms with E-state index in [1.54, 1.807) is 30.2 Å². The van der Waals surface area contributed by atoms with E-state index in [0.717, 1.165) is 16.0 Å². The molecule has 1 aromatic heterocycles. The number of hydrogen-bond donors (Lipinski definition) is 1. The van der Waals surface area contributed by atoms with Crippen LogP contribution >= 0.6 is 0 Å². The van der Waals surface area contributed by atoms with Crippen LogP contribution in [-0.4, -0.2) is 60.4 Å². The third kappa shape index (κ3) is 4.09. The van der Waals surface area contributed by atoms with E-state index < -0.39 is 17.2 Å². The number of carbonyl (C=O) groups is 1. The minimum atomic E-state index is -0.623. The van der Waals surface area contributed by atoms with Gasteiger partial charge in [-0.3, -0.25) is 14.2 Å². The van der Waals surface area contributed by atoms with Crippen LogP contribution in [0.15, 0.2) is 58.3 Å². The van der Waals surface area contributed by atoms with Gasteiger partial charge in [0, 0.05) is 44.1 Å². The molecule has 2 aliphatic rings. The second-order valence-electron chi connectivity index (χ2n) is 8.07. The van der Waals surface area contributed by atoms with Crippen LogP contribution in [0.5, 0.6) is 17.2 Å². The molecule has 34 heavy (non-hydrogen) atoms. The third-order valence-corrected chi connectivity index (χ3v) is 6.05. The van der Waals surface area contributed by atoms with E-state index in [4.69, 9.17) is 14.2 Å². The van der Waals surface area contributed by atoms with Gasteiger partial charge >= 0.3 is 5.69 Å². The minimum Gasteiger partial charge on any atom is -0.497 e. The van der Waals surface area contributed by atoms with Crippen LogP contribution in [0.3, 0.4) is 0 Å². The third-order valence-electron chi connectivity index (χ3n) is 6.05. The number of anilines is 1. The summed E-state index contributed by atoms with van der Waals surface area (Å²) in [4.78, 5) is 45.0. The standard InChI is InChI=1S/C24H24N4O6/c1-32-18-4-2-3-17(12-18)26-7-9-27(10-8-26)22(29)19-13-25-24(31)28(23(19)30)14-16-5-6-20-21(11-16)34-15-33-20/h2-6,11-13H,7-10,14-15H2,1H3,(H,25,31). The summed E-state index contributed by atoms with van der Waals surface area (Å²) in [6, 6.07) is 13.0. The molecule has 1 saturated heterocycles. The Hall–Kier alpha value is -4.21. The van der Waals surface area contributed by atoms with Crippen LogP contribution in [0, 0.1) is 0 Å². The van der Waals surface area contributed by atoms with Gasteiger partial charge in [-0.2, -0.15) is 0 Å². The van der Waals surface area contributed by atoms with Crippen molar-refractivity contribution in [1.29, 1.82) is 0 Å². The van der Waals surface area contributed by atoms with Crippen LogP contribution in [0.2, 0.25) is 0 Å². The number of H-pyrrole nitrogens is 1. The second kappa shape index (κ2) is 8.97. The molecular formula is C24H24N4O6. The topological polar surface area (TPSA) is 106 Å². The Balaban J connectivity index is 1.32. The Morgan fingerprint density at radius 3 is 2.62 bits per heavy atom. The van der Waals surface area contributed by atoms with Crippen LogP contribution in [-0.2, 0) is 6.54 Å². The van der Waals surface area contributed by atoms with Gasteiger partial charge in [-0.1, -0.05) is 12.1 Å². The number of amides is 1. The number of benzene rings is 2. The van der Waals surface area contributed by atoms with Crippen molar-refractivity contribution in [3.05, 3.63) is 80.6 Å². The second-order valence-corrected chi connectivity index (χ2v) is 8.07. The van der Waals surface area contributed by atoms with E-state index in [1.165, 1.54) is 6.20 Å². The molecule has 2 aromatic carbocycles. The molecule has 3 heterocycles. The van der Waals surface area contributed by atoms with Gasteiger partial charge in [0.1, 0.15) is 11.3 Å². The highest BCUT2D eigenvalue weighted by molar-refractivity contribution is 5.93. The minimum absolute atomic E-state index is 0.00947. The van der Waals surface area contributed by atoms with Crippen molar-refractivity contribution in [3.63, 3.8) is 0 Å². The molecule has 0 radical (unpaired) electrons. The average molecular weight is 464 g/mol. The van der Waals surface area contributed by atoms with Crippen molar-refractivity contribution in [2.75, 3.05) is 45.0 Å². The van der Waals surface area contributed by atoms with Crippen molar-refractivity contribution < 1.29 is 19.0 Å². The van der Waals surface area contributed by atoms with Crippen molar-refractivity contribution in [3.8, 4) is 17.2 Å². The fourth-order valence-corrected chi connectivity index (χ4v) is 4.18. The molecular weight excluding hydrogens is 440 g/mol. The Morgan fingerprint density at radius 1 is 1.03 bits per heavy atom. The summed E-state index contributed by atoms with van der Waals surface area (Å²) in [6.07, 6.45) is 1.21. The Kier molecular flexibility index (Phi) is 5.70. The smallest absolute Gasteiger partial charge is 0.328 e. The molecule has 0 atom stereocenters. The van der Waals surface area contributed by atoms with Crippen LogP contribution in [0.25, 0.3) is 0 Å². The zero-order valence-electron chi connectivity index (χ0n) is 18.7. The summed E-state index contributed by atoms with van der Waals surface area (Å²) in [5, 5.41) is 0. The number of methoxy groups -OCH3 is 1. The molecule has 2 aliphatic heterocycles. The number of rotatable bonds is 5. The molecule has 0 spiro atoms. The van der Waals surface area contributed by atoms with E-state index in [1.807, 2.05) is 24.3 Å². The zero-order valence-corrected chi connectivity index (χ0v) is 18.7. The molecule has 0 bridgehead atoms. The summed E-state index contributed by atoms with van der Waals surface area (Å²) in [5.41, 5.74) is 0.439. The Morgan fingerprint density at radius 2 is 1.82 bits per heavy atom. The molecule has 10 nitrogen and oxygen atoms in total. The number of carbonyl (C=O) groups excluding carboxylic acids is 1. The summed E-state index contributed by atoms with van der Waals surface area (Å²) in [5.74, 6) is 1.54. The number of fused-ring (bicyclic) bond motifs is 1. The Bertz CT molecular complexity index is 1340. The first kappa shape index (κ1) is 21.6. The van der Waals surface area contributed by atoms with Crippen molar-refractivity contribution >= 4 is 11.6 Å². The van der Waals surface area contributed by atoms with Crippen LogP contribution in [0.4, 0.5) is 5.69 Å². The first-order valence-corrected chi connectivity index (χ1v) is 10.9. The fraction of sp³-hybridized carbons (Fsp3) is 0.292. The van der Waals surface area contributed by atoms with Crippen LogP contribution < -0.4 is 30.4 Å². The number of aromatic nitrogens is 2. The van der Waals surface area contributed by atoms with Gasteiger partial charge in [0.15, 0.2) is 11.5 Å². The molecule has 0 aliphatic carbocycles. The quantitative estimate of drug-likeness (QED) is 0.606. The normalized spacial score (nSPS) is 14.9. The fourth-order valence-electron chi connectivity index (χ4n) is 4.18. The van der Waals surface area contributed by atoms with E-state index in [9.17, 15) is 14.4 Å². The highest BCUT2D eigenvalue weighted by Crippen LogP contribution is 2.32. The molecule has 0 unspecified atom stereocenters.